The molecule has 0 bridgehead atoms. The Morgan fingerprint density at radius 3 is 2.75 bits per heavy atom. The van der Waals surface area contributed by atoms with Gasteiger partial charge in [-0.15, -0.1) is 11.3 Å². The van der Waals surface area contributed by atoms with Gasteiger partial charge in [0.2, 0.25) is 0 Å². The molecular weight excluding hydrogens is 292 g/mol. The second-order valence-corrected chi connectivity index (χ2v) is 4.94. The molecule has 112 valence electrons. The molecule has 0 saturated heterocycles. The maximum atomic E-state index is 12.1. The third-order valence-corrected chi connectivity index (χ3v) is 3.44. The van der Waals surface area contributed by atoms with Gasteiger partial charge in [-0.2, -0.15) is 8.78 Å². The van der Waals surface area contributed by atoms with E-state index in [9.17, 15) is 18.4 Å². The molecule has 0 aromatic carbocycles. The summed E-state index contributed by atoms with van der Waals surface area (Å²) >= 11 is 0.955. The SMILES string of the molecule is CCCC(CNC(=O)c1sccc1OC(F)F)C(=O)O. The normalized spacial score (nSPS) is 12.2. The van der Waals surface area contributed by atoms with E-state index in [1.54, 1.807) is 0 Å². The van der Waals surface area contributed by atoms with Crippen molar-refractivity contribution in [2.75, 3.05) is 6.54 Å². The molecule has 1 heterocycles. The molecule has 0 fully saturated rings. The quantitative estimate of drug-likeness (QED) is 0.774. The summed E-state index contributed by atoms with van der Waals surface area (Å²) in [5, 5.41) is 12.8. The zero-order valence-electron chi connectivity index (χ0n) is 10.8. The lowest BCUT2D eigenvalue weighted by Gasteiger charge is -2.12. The molecular formula is C12H15F2NO4S. The number of hydrogen-bond donors (Lipinski definition) is 2. The van der Waals surface area contributed by atoms with Crippen molar-refractivity contribution >= 4 is 23.2 Å². The number of carbonyl (C=O) groups excluding carboxylic acids is 1. The van der Waals surface area contributed by atoms with Gasteiger partial charge in [0, 0.05) is 6.54 Å². The van der Waals surface area contributed by atoms with Gasteiger partial charge < -0.3 is 15.2 Å². The topological polar surface area (TPSA) is 75.6 Å². The summed E-state index contributed by atoms with van der Waals surface area (Å²) in [5.74, 6) is -2.51. The van der Waals surface area contributed by atoms with E-state index in [1.807, 2.05) is 6.92 Å². The van der Waals surface area contributed by atoms with Gasteiger partial charge in [0.25, 0.3) is 5.91 Å². The van der Waals surface area contributed by atoms with Crippen LogP contribution in [0.4, 0.5) is 8.78 Å². The first-order valence-electron chi connectivity index (χ1n) is 5.99. The molecule has 2 N–H and O–H groups in total. The van der Waals surface area contributed by atoms with Gasteiger partial charge in [0.05, 0.1) is 5.92 Å². The summed E-state index contributed by atoms with van der Waals surface area (Å²) in [6.45, 7) is -1.22. The zero-order chi connectivity index (χ0) is 15.1. The monoisotopic (exact) mass is 307 g/mol. The molecule has 5 nitrogen and oxygen atoms in total. The fourth-order valence-electron chi connectivity index (χ4n) is 1.61. The van der Waals surface area contributed by atoms with Crippen molar-refractivity contribution in [1.29, 1.82) is 0 Å². The number of hydrogen-bond acceptors (Lipinski definition) is 4. The van der Waals surface area contributed by atoms with E-state index >= 15 is 0 Å². The number of carboxylic acid groups (broad SMARTS) is 1. The minimum Gasteiger partial charge on any atom is -0.481 e. The van der Waals surface area contributed by atoms with Gasteiger partial charge in [0.1, 0.15) is 10.6 Å². The molecule has 1 aromatic heterocycles. The Morgan fingerprint density at radius 1 is 1.50 bits per heavy atom. The average Bonchev–Trinajstić information content (AvgIpc) is 2.80. The predicted octanol–water partition coefficient (Wildman–Crippen LogP) is 2.58. The fourth-order valence-corrected chi connectivity index (χ4v) is 2.35. The van der Waals surface area contributed by atoms with Crippen LogP contribution in [0.5, 0.6) is 5.75 Å². The lowest BCUT2D eigenvalue weighted by molar-refractivity contribution is -0.141. The standard InChI is InChI=1S/C12H15F2NO4S/c1-2-3-7(11(17)18)6-15-10(16)9-8(4-5-20-9)19-12(13)14/h4-5,7,12H,2-3,6H2,1H3,(H,15,16)(H,17,18). The number of thiophene rings is 1. The van der Waals surface area contributed by atoms with Gasteiger partial charge in [0.15, 0.2) is 0 Å². The Bertz CT molecular complexity index is 464. The first-order chi connectivity index (χ1) is 9.45. The molecule has 8 heteroatoms. The van der Waals surface area contributed by atoms with Gasteiger partial charge >= 0.3 is 12.6 Å². The highest BCUT2D eigenvalue weighted by molar-refractivity contribution is 7.12. The predicted molar refractivity (Wildman–Crippen MR) is 69.3 cm³/mol. The first-order valence-corrected chi connectivity index (χ1v) is 6.87. The van der Waals surface area contributed by atoms with Crippen LogP contribution in [0.25, 0.3) is 0 Å². The van der Waals surface area contributed by atoms with Gasteiger partial charge in [-0.25, -0.2) is 0 Å². The first kappa shape index (κ1) is 16.4. The number of rotatable bonds is 8. The smallest absolute Gasteiger partial charge is 0.387 e. The lowest BCUT2D eigenvalue weighted by Crippen LogP contribution is -2.32. The summed E-state index contributed by atoms with van der Waals surface area (Å²) in [4.78, 5) is 22.8. The van der Waals surface area contributed by atoms with Crippen LogP contribution in [0, 0.1) is 5.92 Å². The van der Waals surface area contributed by atoms with Crippen LogP contribution in [-0.4, -0.2) is 30.1 Å². The zero-order valence-corrected chi connectivity index (χ0v) is 11.6. The van der Waals surface area contributed by atoms with Gasteiger partial charge in [-0.05, 0) is 17.9 Å². The molecule has 0 aliphatic heterocycles. The van der Waals surface area contributed by atoms with Crippen molar-refractivity contribution in [2.24, 2.45) is 5.92 Å². The molecule has 1 atom stereocenters. The highest BCUT2D eigenvalue weighted by Gasteiger charge is 2.21. The Balaban J connectivity index is 2.62. The number of carbonyl (C=O) groups is 2. The molecule has 0 saturated carbocycles. The number of carboxylic acids is 1. The summed E-state index contributed by atoms with van der Waals surface area (Å²) in [5.41, 5.74) is 0. The number of ether oxygens (including phenoxy) is 1. The molecule has 0 aliphatic rings. The third-order valence-electron chi connectivity index (χ3n) is 2.55. The Labute approximate surface area is 118 Å². The van der Waals surface area contributed by atoms with Crippen LogP contribution in [0.1, 0.15) is 29.4 Å². The number of aliphatic carboxylic acids is 1. The van der Waals surface area contributed by atoms with Crippen molar-refractivity contribution in [3.05, 3.63) is 16.3 Å². The molecule has 0 radical (unpaired) electrons. The van der Waals surface area contributed by atoms with E-state index in [0.29, 0.717) is 12.8 Å². The van der Waals surface area contributed by atoms with Crippen LogP contribution in [-0.2, 0) is 4.79 Å². The molecule has 1 rings (SSSR count). The second-order valence-electron chi connectivity index (χ2n) is 4.03. The van der Waals surface area contributed by atoms with E-state index in [2.05, 4.69) is 10.1 Å². The number of nitrogens with one attached hydrogen (secondary N) is 1. The maximum Gasteiger partial charge on any atom is 0.387 e. The third kappa shape index (κ3) is 4.76. The van der Waals surface area contributed by atoms with Crippen LogP contribution < -0.4 is 10.1 Å². The van der Waals surface area contributed by atoms with E-state index in [-0.39, 0.29) is 17.2 Å². The van der Waals surface area contributed by atoms with Crippen molar-refractivity contribution in [3.63, 3.8) is 0 Å². The van der Waals surface area contributed by atoms with E-state index in [4.69, 9.17) is 5.11 Å². The largest absolute Gasteiger partial charge is 0.481 e. The average molecular weight is 307 g/mol. The van der Waals surface area contributed by atoms with E-state index in [1.165, 1.54) is 11.4 Å². The molecule has 1 unspecified atom stereocenters. The summed E-state index contributed by atoms with van der Waals surface area (Å²) in [7, 11) is 0. The van der Waals surface area contributed by atoms with Crippen molar-refractivity contribution in [2.45, 2.75) is 26.4 Å². The maximum absolute atomic E-state index is 12.1. The highest BCUT2D eigenvalue weighted by Crippen LogP contribution is 2.26. The van der Waals surface area contributed by atoms with Crippen molar-refractivity contribution in [3.8, 4) is 5.75 Å². The van der Waals surface area contributed by atoms with Crippen LogP contribution in [0.2, 0.25) is 0 Å². The van der Waals surface area contributed by atoms with Crippen LogP contribution in [0.15, 0.2) is 11.4 Å². The van der Waals surface area contributed by atoms with Crippen LogP contribution >= 0.6 is 11.3 Å². The van der Waals surface area contributed by atoms with Gasteiger partial charge in [-0.3, -0.25) is 9.59 Å². The van der Waals surface area contributed by atoms with Crippen molar-refractivity contribution in [1.82, 2.24) is 5.32 Å². The number of halogens is 2. The second kappa shape index (κ2) is 7.78. The minimum atomic E-state index is -3.01. The van der Waals surface area contributed by atoms with Gasteiger partial charge in [-0.1, -0.05) is 13.3 Å². The molecule has 1 amide bonds. The number of alkyl halides is 2. The fraction of sp³-hybridized carbons (Fsp3) is 0.500. The lowest BCUT2D eigenvalue weighted by atomic mass is 10.0. The molecule has 20 heavy (non-hydrogen) atoms. The Morgan fingerprint density at radius 2 is 2.20 bits per heavy atom. The molecule has 0 aliphatic carbocycles. The Hall–Kier alpha value is -1.70. The van der Waals surface area contributed by atoms with E-state index < -0.39 is 24.4 Å². The highest BCUT2D eigenvalue weighted by atomic mass is 32.1. The number of amides is 1. The van der Waals surface area contributed by atoms with Crippen molar-refractivity contribution < 1.29 is 28.2 Å². The Kier molecular flexibility index (Phi) is 6.37. The molecule has 1 aromatic rings. The minimum absolute atomic E-state index is 0.00550. The summed E-state index contributed by atoms with van der Waals surface area (Å²) < 4.78 is 28.5. The van der Waals surface area contributed by atoms with Crippen LogP contribution in [0.3, 0.4) is 0 Å². The molecule has 0 spiro atoms. The summed E-state index contributed by atoms with van der Waals surface area (Å²) in [6, 6.07) is 1.27. The van der Waals surface area contributed by atoms with E-state index in [0.717, 1.165) is 11.3 Å². The summed E-state index contributed by atoms with van der Waals surface area (Å²) in [6.07, 6.45) is 1.10.